The highest BCUT2D eigenvalue weighted by molar-refractivity contribution is 7.98. The predicted octanol–water partition coefficient (Wildman–Crippen LogP) is 4.08. The molecule has 6 heteroatoms. The summed E-state index contributed by atoms with van der Waals surface area (Å²) in [5.74, 6) is 2.78. The van der Waals surface area contributed by atoms with Gasteiger partial charge in [0, 0.05) is 18.2 Å². The Morgan fingerprint density at radius 3 is 2.87 bits per heavy atom. The molecule has 1 atom stereocenters. The summed E-state index contributed by atoms with van der Waals surface area (Å²) in [5.41, 5.74) is 2.30. The van der Waals surface area contributed by atoms with Crippen LogP contribution in [0.4, 0.5) is 0 Å². The van der Waals surface area contributed by atoms with Crippen molar-refractivity contribution in [3.8, 4) is 0 Å². The van der Waals surface area contributed by atoms with Gasteiger partial charge in [-0.3, -0.25) is 0 Å². The standard InChI is InChI=1S/C17H25N3O2S/c1-11(2)15-8-18-16(22-15)10-23-17-19-12(3)13(4)20(17)9-14-6-5-7-21-14/h8,11,14H,5-7,9-10H2,1-4H3/t14-/m0/s1. The summed E-state index contributed by atoms with van der Waals surface area (Å²) in [4.78, 5) is 9.08. The van der Waals surface area contributed by atoms with Gasteiger partial charge in [0.2, 0.25) is 5.89 Å². The molecule has 0 aromatic carbocycles. The van der Waals surface area contributed by atoms with E-state index in [1.54, 1.807) is 11.8 Å². The van der Waals surface area contributed by atoms with Crippen molar-refractivity contribution in [2.24, 2.45) is 0 Å². The lowest BCUT2D eigenvalue weighted by Crippen LogP contribution is -2.16. The Morgan fingerprint density at radius 1 is 1.39 bits per heavy atom. The van der Waals surface area contributed by atoms with Crippen LogP contribution in [0.5, 0.6) is 0 Å². The first kappa shape index (κ1) is 16.6. The number of rotatable bonds is 6. The van der Waals surface area contributed by atoms with Gasteiger partial charge in [0.05, 0.1) is 30.3 Å². The number of nitrogens with zero attached hydrogens (tertiary/aromatic N) is 3. The largest absolute Gasteiger partial charge is 0.445 e. The van der Waals surface area contributed by atoms with E-state index in [0.717, 1.165) is 48.5 Å². The van der Waals surface area contributed by atoms with Crippen molar-refractivity contribution in [1.29, 1.82) is 0 Å². The second kappa shape index (κ2) is 7.09. The fourth-order valence-electron chi connectivity index (χ4n) is 2.72. The molecule has 2 aromatic heterocycles. The highest BCUT2D eigenvalue weighted by Crippen LogP contribution is 2.27. The van der Waals surface area contributed by atoms with E-state index in [-0.39, 0.29) is 0 Å². The van der Waals surface area contributed by atoms with Gasteiger partial charge >= 0.3 is 0 Å². The third kappa shape index (κ3) is 3.80. The summed E-state index contributed by atoms with van der Waals surface area (Å²) < 4.78 is 13.8. The van der Waals surface area contributed by atoms with E-state index in [1.165, 1.54) is 5.69 Å². The molecule has 2 aromatic rings. The maximum atomic E-state index is 5.78. The van der Waals surface area contributed by atoms with Gasteiger partial charge in [0.15, 0.2) is 5.16 Å². The number of hydrogen-bond donors (Lipinski definition) is 0. The van der Waals surface area contributed by atoms with Crippen LogP contribution in [-0.4, -0.2) is 27.2 Å². The molecule has 0 radical (unpaired) electrons. The molecule has 5 nitrogen and oxygen atoms in total. The fourth-order valence-corrected chi connectivity index (χ4v) is 3.68. The van der Waals surface area contributed by atoms with Crippen LogP contribution in [0.3, 0.4) is 0 Å². The van der Waals surface area contributed by atoms with Gasteiger partial charge in [0.1, 0.15) is 5.76 Å². The third-order valence-corrected chi connectivity index (χ3v) is 5.26. The van der Waals surface area contributed by atoms with Crippen LogP contribution in [0.1, 0.15) is 55.6 Å². The van der Waals surface area contributed by atoms with E-state index in [0.29, 0.717) is 17.8 Å². The van der Waals surface area contributed by atoms with Crippen molar-refractivity contribution in [1.82, 2.24) is 14.5 Å². The number of thioether (sulfide) groups is 1. The van der Waals surface area contributed by atoms with Gasteiger partial charge in [-0.1, -0.05) is 25.6 Å². The second-order valence-corrected chi connectivity index (χ2v) is 7.35. The molecule has 1 aliphatic heterocycles. The first-order valence-electron chi connectivity index (χ1n) is 8.27. The van der Waals surface area contributed by atoms with Crippen LogP contribution in [0.2, 0.25) is 0 Å². The molecule has 0 spiro atoms. The van der Waals surface area contributed by atoms with Gasteiger partial charge in [-0.05, 0) is 26.7 Å². The number of ether oxygens (including phenoxy) is 1. The highest BCUT2D eigenvalue weighted by Gasteiger charge is 2.20. The van der Waals surface area contributed by atoms with E-state index < -0.39 is 0 Å². The van der Waals surface area contributed by atoms with Gasteiger partial charge in [-0.2, -0.15) is 0 Å². The summed E-state index contributed by atoms with van der Waals surface area (Å²) >= 11 is 1.68. The molecule has 0 aliphatic carbocycles. The lowest BCUT2D eigenvalue weighted by molar-refractivity contribution is 0.0945. The van der Waals surface area contributed by atoms with Gasteiger partial charge in [-0.25, -0.2) is 9.97 Å². The zero-order chi connectivity index (χ0) is 16.4. The van der Waals surface area contributed by atoms with Crippen molar-refractivity contribution in [3.05, 3.63) is 29.2 Å². The number of oxazole rings is 1. The first-order valence-corrected chi connectivity index (χ1v) is 9.26. The molecule has 0 bridgehead atoms. The van der Waals surface area contributed by atoms with Crippen molar-refractivity contribution < 1.29 is 9.15 Å². The summed E-state index contributed by atoms with van der Waals surface area (Å²) in [6, 6.07) is 0. The summed E-state index contributed by atoms with van der Waals surface area (Å²) in [5, 5.41) is 1.03. The van der Waals surface area contributed by atoms with Crippen molar-refractivity contribution in [2.75, 3.05) is 6.61 Å². The van der Waals surface area contributed by atoms with Crippen molar-refractivity contribution in [2.45, 2.75) is 70.0 Å². The molecule has 0 saturated carbocycles. The fraction of sp³-hybridized carbons (Fsp3) is 0.647. The second-order valence-electron chi connectivity index (χ2n) is 6.41. The molecule has 0 N–H and O–H groups in total. The average molecular weight is 335 g/mol. The summed E-state index contributed by atoms with van der Waals surface area (Å²) in [7, 11) is 0. The average Bonchev–Trinajstić information content (AvgIpc) is 3.23. The van der Waals surface area contributed by atoms with Crippen LogP contribution in [0.15, 0.2) is 15.8 Å². The summed E-state index contributed by atoms with van der Waals surface area (Å²) in [6.45, 7) is 10.2. The van der Waals surface area contributed by atoms with Crippen LogP contribution in [0.25, 0.3) is 0 Å². The maximum absolute atomic E-state index is 5.78. The Hall–Kier alpha value is -1.27. The molecule has 126 valence electrons. The quantitative estimate of drug-likeness (QED) is 0.745. The van der Waals surface area contributed by atoms with E-state index in [1.807, 2.05) is 6.20 Å². The van der Waals surface area contributed by atoms with Gasteiger partial charge in [0.25, 0.3) is 0 Å². The van der Waals surface area contributed by atoms with Crippen molar-refractivity contribution >= 4 is 11.8 Å². The molecule has 3 rings (SSSR count). The van der Waals surface area contributed by atoms with Crippen LogP contribution in [-0.2, 0) is 17.0 Å². The van der Waals surface area contributed by atoms with Crippen molar-refractivity contribution in [3.63, 3.8) is 0 Å². The monoisotopic (exact) mass is 335 g/mol. The molecule has 0 amide bonds. The van der Waals surface area contributed by atoms with E-state index >= 15 is 0 Å². The zero-order valence-electron chi connectivity index (χ0n) is 14.3. The number of hydrogen-bond acceptors (Lipinski definition) is 5. The first-order chi connectivity index (χ1) is 11.0. The van der Waals surface area contributed by atoms with Crippen LogP contribution < -0.4 is 0 Å². The van der Waals surface area contributed by atoms with Crippen LogP contribution >= 0.6 is 11.8 Å². The predicted molar refractivity (Wildman–Crippen MR) is 90.8 cm³/mol. The Balaban J connectivity index is 1.69. The number of imidazole rings is 1. The number of aromatic nitrogens is 3. The summed E-state index contributed by atoms with van der Waals surface area (Å²) in [6.07, 6.45) is 4.44. The Bertz CT molecular complexity index is 657. The lowest BCUT2D eigenvalue weighted by Gasteiger charge is -2.14. The Labute approximate surface area is 141 Å². The molecular weight excluding hydrogens is 310 g/mol. The molecule has 1 saturated heterocycles. The molecule has 23 heavy (non-hydrogen) atoms. The van der Waals surface area contributed by atoms with Gasteiger partial charge < -0.3 is 13.7 Å². The minimum absolute atomic E-state index is 0.316. The molecule has 1 fully saturated rings. The molecule has 0 unspecified atom stereocenters. The molecule has 1 aliphatic rings. The normalized spacial score (nSPS) is 18.2. The van der Waals surface area contributed by atoms with E-state index in [4.69, 9.17) is 14.1 Å². The van der Waals surface area contributed by atoms with E-state index in [9.17, 15) is 0 Å². The Kier molecular flexibility index (Phi) is 5.11. The maximum Gasteiger partial charge on any atom is 0.204 e. The Morgan fingerprint density at radius 2 is 2.22 bits per heavy atom. The smallest absolute Gasteiger partial charge is 0.204 e. The minimum atomic E-state index is 0.316. The third-order valence-electron chi connectivity index (χ3n) is 4.30. The zero-order valence-corrected chi connectivity index (χ0v) is 15.2. The SMILES string of the molecule is Cc1nc(SCc2ncc(C(C)C)o2)n(C[C@@H]2CCCO2)c1C. The lowest BCUT2D eigenvalue weighted by atomic mass is 10.2. The van der Waals surface area contributed by atoms with Crippen LogP contribution in [0, 0.1) is 13.8 Å². The molecular formula is C17H25N3O2S. The van der Waals surface area contributed by atoms with Gasteiger partial charge in [-0.15, -0.1) is 0 Å². The molecule has 3 heterocycles. The van der Waals surface area contributed by atoms with E-state index in [2.05, 4.69) is 37.2 Å². The number of aryl methyl sites for hydroxylation is 1. The topological polar surface area (TPSA) is 53.1 Å². The highest BCUT2D eigenvalue weighted by atomic mass is 32.2. The minimum Gasteiger partial charge on any atom is -0.445 e.